The summed E-state index contributed by atoms with van der Waals surface area (Å²) >= 11 is 8.91. The molecule has 0 bridgehead atoms. The molecule has 0 aliphatic rings. The number of thiophene rings is 2. The van der Waals surface area contributed by atoms with Crippen molar-refractivity contribution in [2.45, 2.75) is 13.1 Å². The van der Waals surface area contributed by atoms with Gasteiger partial charge in [-0.2, -0.15) is 21.1 Å². The van der Waals surface area contributed by atoms with Crippen LogP contribution in [-0.4, -0.2) is 34.5 Å². The highest BCUT2D eigenvalue weighted by Gasteiger charge is 2.27. The molecule has 0 radical (unpaired) electrons. The zero-order chi connectivity index (χ0) is 25.9. The summed E-state index contributed by atoms with van der Waals surface area (Å²) in [5.41, 5.74) is 1.38. The summed E-state index contributed by atoms with van der Waals surface area (Å²) in [6, 6.07) is 8.78. The van der Waals surface area contributed by atoms with Crippen LogP contribution in [0.15, 0.2) is 69.0 Å². The Kier molecular flexibility index (Phi) is 7.17. The van der Waals surface area contributed by atoms with Gasteiger partial charge in [0.25, 0.3) is 11.5 Å². The molecular formula is C25H21ClN4O5S2. The van der Waals surface area contributed by atoms with Crippen LogP contribution in [0.25, 0.3) is 11.3 Å². The van der Waals surface area contributed by atoms with Gasteiger partial charge in [-0.1, -0.05) is 11.6 Å². The number of ether oxygens (including phenoxy) is 2. The summed E-state index contributed by atoms with van der Waals surface area (Å²) in [5.74, 6) is 0.661. The van der Waals surface area contributed by atoms with Crippen molar-refractivity contribution in [3.63, 3.8) is 0 Å². The average molecular weight is 557 g/mol. The molecule has 0 saturated heterocycles. The second-order valence-corrected chi connectivity index (χ2v) is 10.5. The maximum absolute atomic E-state index is 13.6. The Balaban J connectivity index is 1.64. The van der Waals surface area contributed by atoms with Crippen molar-refractivity contribution in [1.82, 2.24) is 14.3 Å². The van der Waals surface area contributed by atoms with Crippen molar-refractivity contribution in [1.29, 1.82) is 0 Å². The number of anilines is 1. The third-order valence-corrected chi connectivity index (χ3v) is 7.46. The molecule has 0 aliphatic heterocycles. The predicted molar refractivity (Wildman–Crippen MR) is 144 cm³/mol. The lowest BCUT2D eigenvalue weighted by Crippen LogP contribution is -2.22. The number of furan rings is 1. The maximum atomic E-state index is 13.6. The van der Waals surface area contributed by atoms with Crippen molar-refractivity contribution in [2.24, 2.45) is 0 Å². The smallest absolute Gasteiger partial charge is 0.281 e. The number of carbonyl (C=O) groups is 1. The normalized spacial score (nSPS) is 11.0. The molecule has 0 saturated carbocycles. The highest BCUT2D eigenvalue weighted by molar-refractivity contribution is 7.16. The molecule has 0 aromatic carbocycles. The minimum absolute atomic E-state index is 0.211. The van der Waals surface area contributed by atoms with Gasteiger partial charge in [-0.25, -0.2) is 0 Å². The minimum atomic E-state index is -0.362. The number of pyridine rings is 1. The SMILES string of the molecule is COc1cc(-c2nn(C(=O)c3ccsc3)c(NCc3ccc(Cl)s3)c2OC)c(=O)n(Cc2ccoc2)c1. The molecule has 5 rings (SSSR count). The van der Waals surface area contributed by atoms with E-state index in [4.69, 9.17) is 25.5 Å². The molecule has 5 aromatic heterocycles. The first-order valence-electron chi connectivity index (χ1n) is 11.0. The van der Waals surface area contributed by atoms with Crippen LogP contribution in [0.5, 0.6) is 11.5 Å². The number of hydrogen-bond acceptors (Lipinski definition) is 9. The summed E-state index contributed by atoms with van der Waals surface area (Å²) in [6.07, 6.45) is 4.72. The standard InChI is InChI=1S/C25H21ClN4O5S2/c1-33-17-9-19(25(32)29(12-17)11-15-5-7-35-13-15)21-22(34-2)23(27-10-18-3-4-20(26)37-18)30(28-21)24(31)16-6-8-36-14-16/h3-9,12-14,27H,10-11H2,1-2H3. The van der Waals surface area contributed by atoms with Gasteiger partial charge >= 0.3 is 0 Å². The van der Waals surface area contributed by atoms with Crippen molar-refractivity contribution >= 4 is 46.0 Å². The quantitative estimate of drug-likeness (QED) is 0.258. The lowest BCUT2D eigenvalue weighted by molar-refractivity contribution is 0.0948. The van der Waals surface area contributed by atoms with Crippen LogP contribution >= 0.6 is 34.3 Å². The zero-order valence-corrected chi connectivity index (χ0v) is 22.2. The van der Waals surface area contributed by atoms with Crippen LogP contribution in [0.4, 0.5) is 5.82 Å². The zero-order valence-electron chi connectivity index (χ0n) is 19.8. The molecule has 0 spiro atoms. The lowest BCUT2D eigenvalue weighted by Gasteiger charge is -2.11. The van der Waals surface area contributed by atoms with Crippen LogP contribution in [0, 0.1) is 0 Å². The predicted octanol–water partition coefficient (Wildman–Crippen LogP) is 5.45. The molecular weight excluding hydrogens is 536 g/mol. The van der Waals surface area contributed by atoms with Crippen LogP contribution < -0.4 is 20.3 Å². The Hall–Kier alpha value is -3.80. The van der Waals surface area contributed by atoms with Gasteiger partial charge < -0.3 is 23.8 Å². The summed E-state index contributed by atoms with van der Waals surface area (Å²) in [6.45, 7) is 0.638. The Morgan fingerprint density at radius 3 is 2.73 bits per heavy atom. The fourth-order valence-electron chi connectivity index (χ4n) is 3.79. The Morgan fingerprint density at radius 2 is 2.08 bits per heavy atom. The topological polar surface area (TPSA) is 101 Å². The number of halogens is 1. The molecule has 190 valence electrons. The first-order valence-corrected chi connectivity index (χ1v) is 13.1. The Bertz CT molecular complexity index is 1590. The molecule has 1 N–H and O–H groups in total. The van der Waals surface area contributed by atoms with Gasteiger partial charge in [0.2, 0.25) is 0 Å². The van der Waals surface area contributed by atoms with Gasteiger partial charge in [0.1, 0.15) is 11.4 Å². The van der Waals surface area contributed by atoms with E-state index in [9.17, 15) is 9.59 Å². The number of nitrogens with one attached hydrogen (secondary N) is 1. The minimum Gasteiger partial charge on any atom is -0.495 e. The summed E-state index contributed by atoms with van der Waals surface area (Å²) in [7, 11) is 2.98. The molecule has 5 aromatic rings. The molecule has 37 heavy (non-hydrogen) atoms. The van der Waals surface area contributed by atoms with Crippen LogP contribution in [0.1, 0.15) is 20.8 Å². The van der Waals surface area contributed by atoms with E-state index < -0.39 is 0 Å². The number of nitrogens with zero attached hydrogens (tertiary/aromatic N) is 3. The van der Waals surface area contributed by atoms with Gasteiger partial charge in [-0.3, -0.25) is 9.59 Å². The molecule has 0 amide bonds. The Morgan fingerprint density at radius 1 is 1.22 bits per heavy atom. The second-order valence-electron chi connectivity index (χ2n) is 7.88. The molecule has 0 aliphatic carbocycles. The van der Waals surface area contributed by atoms with E-state index in [1.54, 1.807) is 48.4 Å². The third kappa shape index (κ3) is 5.06. The van der Waals surface area contributed by atoms with E-state index in [0.29, 0.717) is 28.0 Å². The van der Waals surface area contributed by atoms with E-state index >= 15 is 0 Å². The van der Waals surface area contributed by atoms with Crippen LogP contribution in [0.3, 0.4) is 0 Å². The van der Waals surface area contributed by atoms with Gasteiger partial charge in [0.15, 0.2) is 11.6 Å². The molecule has 0 fully saturated rings. The van der Waals surface area contributed by atoms with E-state index in [-0.39, 0.29) is 35.0 Å². The number of carbonyl (C=O) groups excluding carboxylic acids is 1. The van der Waals surface area contributed by atoms with E-state index in [1.807, 2.05) is 11.4 Å². The first-order chi connectivity index (χ1) is 18.0. The van der Waals surface area contributed by atoms with Crippen molar-refractivity contribution < 1.29 is 18.7 Å². The number of hydrogen-bond donors (Lipinski definition) is 1. The molecule has 12 heteroatoms. The number of rotatable bonds is 9. The van der Waals surface area contributed by atoms with Gasteiger partial charge in [-0.15, -0.1) is 11.3 Å². The first kappa shape index (κ1) is 24.9. The third-order valence-electron chi connectivity index (χ3n) is 5.55. The van der Waals surface area contributed by atoms with E-state index in [2.05, 4.69) is 10.4 Å². The van der Waals surface area contributed by atoms with Crippen LogP contribution in [0.2, 0.25) is 4.34 Å². The maximum Gasteiger partial charge on any atom is 0.281 e. The highest BCUT2D eigenvalue weighted by Crippen LogP contribution is 2.37. The van der Waals surface area contributed by atoms with E-state index in [1.165, 1.54) is 46.1 Å². The van der Waals surface area contributed by atoms with Crippen LogP contribution in [-0.2, 0) is 13.1 Å². The monoisotopic (exact) mass is 556 g/mol. The molecule has 9 nitrogen and oxygen atoms in total. The van der Waals surface area contributed by atoms with Gasteiger partial charge in [-0.05, 0) is 35.7 Å². The lowest BCUT2D eigenvalue weighted by atomic mass is 10.1. The largest absolute Gasteiger partial charge is 0.495 e. The van der Waals surface area contributed by atoms with Crippen molar-refractivity contribution in [3.8, 4) is 22.8 Å². The molecule has 5 heterocycles. The molecule has 0 atom stereocenters. The van der Waals surface area contributed by atoms with Gasteiger partial charge in [0.05, 0.1) is 55.3 Å². The van der Waals surface area contributed by atoms with E-state index in [0.717, 1.165) is 10.4 Å². The molecule has 0 unspecified atom stereocenters. The second kappa shape index (κ2) is 10.7. The average Bonchev–Trinajstić information content (AvgIpc) is 3.71. The summed E-state index contributed by atoms with van der Waals surface area (Å²) < 4.78 is 19.7. The Labute approximate surface area is 224 Å². The van der Waals surface area contributed by atoms with Crippen molar-refractivity contribution in [2.75, 3.05) is 19.5 Å². The van der Waals surface area contributed by atoms with Crippen molar-refractivity contribution in [3.05, 3.63) is 90.5 Å². The fraction of sp³-hybridized carbons (Fsp3) is 0.160. The fourth-order valence-corrected chi connectivity index (χ4v) is 5.44. The summed E-state index contributed by atoms with van der Waals surface area (Å²) in [5, 5.41) is 11.4. The number of methoxy groups -OCH3 is 2. The highest BCUT2D eigenvalue weighted by atomic mass is 35.5. The van der Waals surface area contributed by atoms with Gasteiger partial charge in [0, 0.05) is 22.0 Å². The number of aromatic nitrogens is 3. The summed E-state index contributed by atoms with van der Waals surface area (Å²) in [4.78, 5) is 28.0.